The van der Waals surface area contributed by atoms with Crippen molar-refractivity contribution in [2.75, 3.05) is 36.9 Å². The highest BCUT2D eigenvalue weighted by molar-refractivity contribution is 5.99. The highest BCUT2D eigenvalue weighted by Crippen LogP contribution is 2.19. The lowest BCUT2D eigenvalue weighted by Crippen LogP contribution is -2.27. The van der Waals surface area contributed by atoms with E-state index in [1.807, 2.05) is 18.9 Å². The number of likely N-dealkylation sites (N-methyl/N-ethyl adjacent to an activating group) is 1. The van der Waals surface area contributed by atoms with Crippen molar-refractivity contribution >= 4 is 17.7 Å². The standard InChI is InChI=1S/C10H15N5O/c1-3-11-10-13-6-7-8(14-10)15(2)5-4-12-9(7)16/h6H,3-5H2,1-2H3,(H,12,16)(H,11,13,14). The van der Waals surface area contributed by atoms with E-state index in [2.05, 4.69) is 20.6 Å². The van der Waals surface area contributed by atoms with E-state index < -0.39 is 0 Å². The van der Waals surface area contributed by atoms with Gasteiger partial charge in [-0.3, -0.25) is 4.79 Å². The lowest BCUT2D eigenvalue weighted by molar-refractivity contribution is 0.0957. The van der Waals surface area contributed by atoms with Gasteiger partial charge in [-0.1, -0.05) is 0 Å². The minimum Gasteiger partial charge on any atom is -0.357 e. The zero-order chi connectivity index (χ0) is 11.5. The maximum atomic E-state index is 11.7. The molecule has 0 radical (unpaired) electrons. The van der Waals surface area contributed by atoms with Gasteiger partial charge in [-0.25, -0.2) is 4.98 Å². The average Bonchev–Trinajstić information content (AvgIpc) is 2.41. The van der Waals surface area contributed by atoms with Crippen LogP contribution in [-0.4, -0.2) is 42.6 Å². The molecular weight excluding hydrogens is 206 g/mol. The van der Waals surface area contributed by atoms with E-state index in [0.29, 0.717) is 23.9 Å². The van der Waals surface area contributed by atoms with Gasteiger partial charge in [0.2, 0.25) is 5.95 Å². The molecule has 1 aliphatic heterocycles. The number of nitrogens with zero attached hydrogens (tertiary/aromatic N) is 3. The highest BCUT2D eigenvalue weighted by atomic mass is 16.1. The molecule has 2 N–H and O–H groups in total. The first-order valence-electron chi connectivity index (χ1n) is 5.32. The van der Waals surface area contributed by atoms with Crippen LogP contribution in [0.4, 0.5) is 11.8 Å². The predicted octanol–water partition coefficient (Wildman–Crippen LogP) is 0.0880. The van der Waals surface area contributed by atoms with E-state index in [0.717, 1.165) is 13.1 Å². The van der Waals surface area contributed by atoms with Crippen LogP contribution in [0.1, 0.15) is 17.3 Å². The highest BCUT2D eigenvalue weighted by Gasteiger charge is 2.20. The van der Waals surface area contributed by atoms with Crippen molar-refractivity contribution in [3.8, 4) is 0 Å². The molecule has 1 aromatic heterocycles. The van der Waals surface area contributed by atoms with Crippen LogP contribution in [0.15, 0.2) is 6.20 Å². The summed E-state index contributed by atoms with van der Waals surface area (Å²) in [6.07, 6.45) is 1.57. The normalized spacial score (nSPS) is 15.1. The molecule has 86 valence electrons. The SMILES string of the molecule is CCNc1ncc2c(n1)N(C)CCNC2=O. The molecule has 2 rings (SSSR count). The molecule has 0 aromatic carbocycles. The van der Waals surface area contributed by atoms with Gasteiger partial charge in [0.05, 0.1) is 0 Å². The van der Waals surface area contributed by atoms with Crippen LogP contribution >= 0.6 is 0 Å². The fourth-order valence-electron chi connectivity index (χ4n) is 1.61. The molecule has 6 heteroatoms. The van der Waals surface area contributed by atoms with Crippen LogP contribution in [0, 0.1) is 0 Å². The average molecular weight is 221 g/mol. The molecule has 6 nitrogen and oxygen atoms in total. The molecule has 0 atom stereocenters. The molecule has 0 fully saturated rings. The van der Waals surface area contributed by atoms with Gasteiger partial charge in [0.25, 0.3) is 5.91 Å². The molecule has 1 amide bonds. The molecule has 2 heterocycles. The van der Waals surface area contributed by atoms with Crippen molar-refractivity contribution in [2.45, 2.75) is 6.92 Å². The lowest BCUT2D eigenvalue weighted by atomic mass is 10.3. The molecule has 0 unspecified atom stereocenters. The van der Waals surface area contributed by atoms with E-state index in [-0.39, 0.29) is 5.91 Å². The third kappa shape index (κ3) is 1.91. The third-order valence-corrected chi connectivity index (χ3v) is 2.44. The Balaban J connectivity index is 2.41. The summed E-state index contributed by atoms with van der Waals surface area (Å²) in [6.45, 7) is 4.11. The van der Waals surface area contributed by atoms with Crippen LogP contribution in [0.5, 0.6) is 0 Å². The number of amides is 1. The number of nitrogens with one attached hydrogen (secondary N) is 2. The van der Waals surface area contributed by atoms with Crippen LogP contribution in [0.3, 0.4) is 0 Å². The lowest BCUT2D eigenvalue weighted by Gasteiger charge is -2.16. The van der Waals surface area contributed by atoms with Gasteiger partial charge in [0, 0.05) is 32.9 Å². The van der Waals surface area contributed by atoms with Gasteiger partial charge in [-0.2, -0.15) is 4.98 Å². The predicted molar refractivity (Wildman–Crippen MR) is 61.8 cm³/mol. The zero-order valence-electron chi connectivity index (χ0n) is 9.45. The van der Waals surface area contributed by atoms with Gasteiger partial charge < -0.3 is 15.5 Å². The molecular formula is C10H15N5O. The summed E-state index contributed by atoms with van der Waals surface area (Å²) in [7, 11) is 1.92. The number of aromatic nitrogens is 2. The maximum absolute atomic E-state index is 11.7. The Hall–Kier alpha value is -1.85. The van der Waals surface area contributed by atoms with Gasteiger partial charge in [0.15, 0.2) is 0 Å². The topological polar surface area (TPSA) is 70.2 Å². The number of hydrogen-bond acceptors (Lipinski definition) is 5. The Bertz CT molecular complexity index is 406. The number of carbonyl (C=O) groups is 1. The third-order valence-electron chi connectivity index (χ3n) is 2.44. The molecule has 0 aliphatic carbocycles. The van der Waals surface area contributed by atoms with Crippen molar-refractivity contribution in [3.63, 3.8) is 0 Å². The zero-order valence-corrected chi connectivity index (χ0v) is 9.45. The van der Waals surface area contributed by atoms with Crippen LogP contribution in [-0.2, 0) is 0 Å². The van der Waals surface area contributed by atoms with Crippen molar-refractivity contribution in [1.29, 1.82) is 0 Å². The summed E-state index contributed by atoms with van der Waals surface area (Å²) >= 11 is 0. The Labute approximate surface area is 94.1 Å². The minimum absolute atomic E-state index is 0.109. The second kappa shape index (κ2) is 4.34. The van der Waals surface area contributed by atoms with Crippen molar-refractivity contribution in [3.05, 3.63) is 11.8 Å². The first-order valence-corrected chi connectivity index (χ1v) is 5.32. The van der Waals surface area contributed by atoms with E-state index in [9.17, 15) is 4.79 Å². The first-order chi connectivity index (χ1) is 7.72. The number of fused-ring (bicyclic) bond motifs is 1. The summed E-state index contributed by atoms with van der Waals surface area (Å²) in [5.74, 6) is 1.13. The fourth-order valence-corrected chi connectivity index (χ4v) is 1.61. The summed E-state index contributed by atoms with van der Waals surface area (Å²) < 4.78 is 0. The maximum Gasteiger partial charge on any atom is 0.256 e. The van der Waals surface area contributed by atoms with Crippen LogP contribution in [0.25, 0.3) is 0 Å². The molecule has 0 saturated heterocycles. The van der Waals surface area contributed by atoms with Crippen LogP contribution in [0.2, 0.25) is 0 Å². The monoisotopic (exact) mass is 221 g/mol. The van der Waals surface area contributed by atoms with E-state index >= 15 is 0 Å². The summed E-state index contributed by atoms with van der Waals surface area (Å²) in [5.41, 5.74) is 0.529. The van der Waals surface area contributed by atoms with Crippen molar-refractivity contribution in [1.82, 2.24) is 15.3 Å². The minimum atomic E-state index is -0.109. The van der Waals surface area contributed by atoms with Crippen LogP contribution < -0.4 is 15.5 Å². The molecule has 0 saturated carbocycles. The molecule has 0 bridgehead atoms. The van der Waals surface area contributed by atoms with Gasteiger partial charge >= 0.3 is 0 Å². The number of anilines is 2. The first kappa shape index (κ1) is 10.7. The Kier molecular flexibility index (Phi) is 2.89. The summed E-state index contributed by atoms with van der Waals surface area (Å²) in [5, 5.41) is 5.83. The van der Waals surface area contributed by atoms with E-state index in [1.54, 1.807) is 6.20 Å². The molecule has 1 aromatic rings. The largest absolute Gasteiger partial charge is 0.357 e. The van der Waals surface area contributed by atoms with Gasteiger partial charge in [0.1, 0.15) is 11.4 Å². The Morgan fingerprint density at radius 3 is 3.19 bits per heavy atom. The van der Waals surface area contributed by atoms with Gasteiger partial charge in [-0.15, -0.1) is 0 Å². The summed E-state index contributed by atoms with van der Waals surface area (Å²) in [4.78, 5) is 22.1. The van der Waals surface area contributed by atoms with E-state index in [1.165, 1.54) is 0 Å². The quantitative estimate of drug-likeness (QED) is 0.740. The second-order valence-electron chi connectivity index (χ2n) is 3.64. The number of carbonyl (C=O) groups excluding carboxylic acids is 1. The molecule has 16 heavy (non-hydrogen) atoms. The van der Waals surface area contributed by atoms with Gasteiger partial charge in [-0.05, 0) is 6.92 Å². The smallest absolute Gasteiger partial charge is 0.256 e. The summed E-state index contributed by atoms with van der Waals surface area (Å²) in [6, 6.07) is 0. The Morgan fingerprint density at radius 2 is 2.44 bits per heavy atom. The van der Waals surface area contributed by atoms with E-state index in [4.69, 9.17) is 0 Å². The fraction of sp³-hybridized carbons (Fsp3) is 0.500. The van der Waals surface area contributed by atoms with Crippen molar-refractivity contribution in [2.24, 2.45) is 0 Å². The number of hydrogen-bond donors (Lipinski definition) is 2. The van der Waals surface area contributed by atoms with Crippen molar-refractivity contribution < 1.29 is 4.79 Å². The molecule has 0 spiro atoms. The number of rotatable bonds is 2. The second-order valence-corrected chi connectivity index (χ2v) is 3.64. The Morgan fingerprint density at radius 1 is 1.62 bits per heavy atom. The molecule has 1 aliphatic rings.